The van der Waals surface area contributed by atoms with E-state index >= 15 is 0 Å². The number of anilines is 2. The highest BCUT2D eigenvalue weighted by molar-refractivity contribution is 7.89. The highest BCUT2D eigenvalue weighted by atomic mass is 32.2. The molecule has 0 aromatic heterocycles. The van der Waals surface area contributed by atoms with Crippen LogP contribution in [0.25, 0.3) is 0 Å². The van der Waals surface area contributed by atoms with Crippen molar-refractivity contribution < 1.29 is 18.1 Å². The summed E-state index contributed by atoms with van der Waals surface area (Å²) in [4.78, 5) is 26.7. The van der Waals surface area contributed by atoms with E-state index in [2.05, 4.69) is 10.0 Å². The van der Waals surface area contributed by atoms with Crippen LogP contribution in [0.4, 0.5) is 17.1 Å². The Hall–Kier alpha value is -3.02. The Balaban J connectivity index is 2.17. The number of carbonyl (C=O) groups excluding carboxylic acids is 1. The monoisotopic (exact) mass is 477 g/mol. The van der Waals surface area contributed by atoms with E-state index in [0.717, 1.165) is 17.2 Å². The lowest BCUT2D eigenvalue weighted by Crippen LogP contribution is -2.31. The Labute approximate surface area is 194 Å². The molecule has 11 heteroatoms. The summed E-state index contributed by atoms with van der Waals surface area (Å²) >= 11 is 0. The number of hydrogen-bond donors (Lipinski definition) is 2. The number of nitro benzene ring substituents is 1. The maximum atomic E-state index is 12.6. The van der Waals surface area contributed by atoms with Crippen LogP contribution in [-0.2, 0) is 14.8 Å². The molecule has 0 atom stereocenters. The molecular weight excluding hydrogens is 446 g/mol. The van der Waals surface area contributed by atoms with Gasteiger partial charge in [0.2, 0.25) is 15.9 Å². The zero-order valence-corrected chi connectivity index (χ0v) is 20.4. The fourth-order valence-electron chi connectivity index (χ4n) is 3.32. The average Bonchev–Trinajstić information content (AvgIpc) is 2.73. The molecule has 0 bridgehead atoms. The van der Waals surface area contributed by atoms with Crippen LogP contribution < -0.4 is 14.9 Å². The Bertz CT molecular complexity index is 1100. The quantitative estimate of drug-likeness (QED) is 0.289. The van der Waals surface area contributed by atoms with Crippen molar-refractivity contribution in [2.75, 3.05) is 51.0 Å². The largest absolute Gasteiger partial charge is 0.360 e. The minimum atomic E-state index is -3.90. The first-order valence-electron chi connectivity index (χ1n) is 10.4. The molecule has 2 aromatic carbocycles. The van der Waals surface area contributed by atoms with Crippen molar-refractivity contribution in [3.05, 3.63) is 57.6 Å². The highest BCUT2D eigenvalue weighted by Gasteiger charge is 2.24. The van der Waals surface area contributed by atoms with Crippen LogP contribution in [0, 0.1) is 24.0 Å². The summed E-state index contributed by atoms with van der Waals surface area (Å²) in [6, 6.07) is 9.32. The molecule has 2 N–H and O–H groups in total. The van der Waals surface area contributed by atoms with Gasteiger partial charge in [0.05, 0.1) is 16.4 Å². The number of nitrogens with zero attached hydrogens (tertiary/aromatic N) is 3. The maximum absolute atomic E-state index is 12.6. The van der Waals surface area contributed by atoms with E-state index in [1.54, 1.807) is 7.05 Å². The first-order valence-corrected chi connectivity index (χ1v) is 11.9. The van der Waals surface area contributed by atoms with Crippen LogP contribution in [0.15, 0.2) is 41.3 Å². The molecule has 0 heterocycles. The predicted octanol–water partition coefficient (Wildman–Crippen LogP) is 2.52. The highest BCUT2D eigenvalue weighted by Crippen LogP contribution is 2.30. The van der Waals surface area contributed by atoms with Gasteiger partial charge in [-0.2, -0.15) is 0 Å². The SMILES string of the molecule is Cc1cccc(C)c1NC(=O)CN(C)c1ccc(S(=O)(=O)NCCCN(C)C)cc1[N+](=O)[O-]. The van der Waals surface area contributed by atoms with Crippen LogP contribution in [-0.4, -0.2) is 64.9 Å². The second kappa shape index (κ2) is 11.2. The molecule has 2 aromatic rings. The third-order valence-electron chi connectivity index (χ3n) is 5.07. The maximum Gasteiger partial charge on any atom is 0.293 e. The topological polar surface area (TPSA) is 125 Å². The lowest BCUT2D eigenvalue weighted by molar-refractivity contribution is -0.384. The molecule has 0 aliphatic rings. The van der Waals surface area contributed by atoms with E-state index in [4.69, 9.17) is 0 Å². The fraction of sp³-hybridized carbons (Fsp3) is 0.409. The van der Waals surface area contributed by atoms with E-state index in [1.807, 2.05) is 51.0 Å². The predicted molar refractivity (Wildman–Crippen MR) is 129 cm³/mol. The number of likely N-dealkylation sites (N-methyl/N-ethyl adjacent to an activating group) is 1. The Morgan fingerprint density at radius 2 is 1.73 bits per heavy atom. The van der Waals surface area contributed by atoms with Crippen molar-refractivity contribution in [2.45, 2.75) is 25.2 Å². The number of hydrogen-bond acceptors (Lipinski definition) is 7. The lowest BCUT2D eigenvalue weighted by atomic mass is 10.1. The first-order chi connectivity index (χ1) is 15.4. The molecule has 0 saturated heterocycles. The number of para-hydroxylation sites is 1. The zero-order chi connectivity index (χ0) is 24.8. The normalized spacial score (nSPS) is 11.5. The molecule has 180 valence electrons. The Morgan fingerprint density at radius 3 is 2.30 bits per heavy atom. The van der Waals surface area contributed by atoms with E-state index in [-0.39, 0.29) is 29.6 Å². The van der Waals surface area contributed by atoms with E-state index in [0.29, 0.717) is 18.7 Å². The Kier molecular flexibility index (Phi) is 8.91. The van der Waals surface area contributed by atoms with Crippen molar-refractivity contribution in [1.29, 1.82) is 0 Å². The first kappa shape index (κ1) is 26.2. The minimum absolute atomic E-state index is 0.142. The molecule has 2 rings (SSSR count). The van der Waals surface area contributed by atoms with Crippen molar-refractivity contribution in [1.82, 2.24) is 9.62 Å². The summed E-state index contributed by atoms with van der Waals surface area (Å²) in [5.74, 6) is -0.344. The number of nitrogens with one attached hydrogen (secondary N) is 2. The van der Waals surface area contributed by atoms with Crippen LogP contribution in [0.2, 0.25) is 0 Å². The number of carbonyl (C=O) groups is 1. The second-order valence-electron chi connectivity index (χ2n) is 8.13. The van der Waals surface area contributed by atoms with Crippen molar-refractivity contribution >= 4 is 33.0 Å². The van der Waals surface area contributed by atoms with Gasteiger partial charge in [0.1, 0.15) is 5.69 Å². The van der Waals surface area contributed by atoms with Gasteiger partial charge in [-0.15, -0.1) is 0 Å². The van der Waals surface area contributed by atoms with Gasteiger partial charge in [-0.05, 0) is 64.2 Å². The molecule has 0 radical (unpaired) electrons. The summed E-state index contributed by atoms with van der Waals surface area (Å²) in [7, 11) is 1.41. The molecule has 0 fully saturated rings. The van der Waals surface area contributed by atoms with Gasteiger partial charge < -0.3 is 15.1 Å². The number of amides is 1. The number of sulfonamides is 1. The molecule has 0 unspecified atom stereocenters. The summed E-state index contributed by atoms with van der Waals surface area (Å²) in [6.07, 6.45) is 0.602. The summed E-state index contributed by atoms with van der Waals surface area (Å²) in [5, 5.41) is 14.5. The minimum Gasteiger partial charge on any atom is -0.360 e. The molecule has 0 aliphatic heterocycles. The van der Waals surface area contributed by atoms with Crippen LogP contribution >= 0.6 is 0 Å². The molecule has 0 aliphatic carbocycles. The van der Waals surface area contributed by atoms with E-state index in [9.17, 15) is 23.3 Å². The zero-order valence-electron chi connectivity index (χ0n) is 19.6. The molecule has 1 amide bonds. The molecule has 0 spiro atoms. The average molecular weight is 478 g/mol. The van der Waals surface area contributed by atoms with E-state index < -0.39 is 20.6 Å². The van der Waals surface area contributed by atoms with Gasteiger partial charge >= 0.3 is 0 Å². The van der Waals surface area contributed by atoms with Crippen LogP contribution in [0.1, 0.15) is 17.5 Å². The fourth-order valence-corrected chi connectivity index (χ4v) is 4.41. The van der Waals surface area contributed by atoms with Gasteiger partial charge in [-0.25, -0.2) is 13.1 Å². The second-order valence-corrected chi connectivity index (χ2v) is 9.90. The Morgan fingerprint density at radius 1 is 1.09 bits per heavy atom. The third-order valence-corrected chi connectivity index (χ3v) is 6.52. The summed E-state index contributed by atoms with van der Waals surface area (Å²) in [6.45, 7) is 4.53. The molecule has 0 saturated carbocycles. The summed E-state index contributed by atoms with van der Waals surface area (Å²) in [5.41, 5.74) is 2.26. The van der Waals surface area contributed by atoms with Crippen molar-refractivity contribution in [3.8, 4) is 0 Å². The van der Waals surface area contributed by atoms with Crippen LogP contribution in [0.5, 0.6) is 0 Å². The van der Waals surface area contributed by atoms with Crippen LogP contribution in [0.3, 0.4) is 0 Å². The third kappa shape index (κ3) is 7.24. The number of nitro groups is 1. The lowest BCUT2D eigenvalue weighted by Gasteiger charge is -2.20. The number of aryl methyl sites for hydroxylation is 2. The van der Waals surface area contributed by atoms with Gasteiger partial charge in [-0.1, -0.05) is 18.2 Å². The van der Waals surface area contributed by atoms with Crippen molar-refractivity contribution in [2.24, 2.45) is 0 Å². The van der Waals surface area contributed by atoms with Gasteiger partial charge in [0.25, 0.3) is 5.69 Å². The molecule has 10 nitrogen and oxygen atoms in total. The molecule has 33 heavy (non-hydrogen) atoms. The van der Waals surface area contributed by atoms with Crippen molar-refractivity contribution in [3.63, 3.8) is 0 Å². The van der Waals surface area contributed by atoms with E-state index in [1.165, 1.54) is 17.0 Å². The van der Waals surface area contributed by atoms with Gasteiger partial charge in [0.15, 0.2) is 0 Å². The smallest absolute Gasteiger partial charge is 0.293 e. The number of benzene rings is 2. The number of rotatable bonds is 11. The summed E-state index contributed by atoms with van der Waals surface area (Å²) < 4.78 is 27.6. The van der Waals surface area contributed by atoms with Gasteiger partial charge in [0, 0.05) is 25.3 Å². The molecular formula is C22H31N5O5S. The standard InChI is InChI=1S/C22H31N5O5S/c1-16-8-6-9-17(2)22(16)24-21(28)15-26(5)19-11-10-18(14-20(19)27(29)30)33(31,32)23-12-7-13-25(3)4/h6,8-11,14,23H,7,12-13,15H2,1-5H3,(H,24,28). The van der Waals surface area contributed by atoms with Gasteiger partial charge in [-0.3, -0.25) is 14.9 Å².